The number of hydrogen-bond donors (Lipinski definition) is 1. The van der Waals surface area contributed by atoms with Crippen LogP contribution in [0.5, 0.6) is 17.2 Å². The molecule has 0 saturated heterocycles. The molecule has 10 nitrogen and oxygen atoms in total. The Labute approximate surface area is 201 Å². The summed E-state index contributed by atoms with van der Waals surface area (Å²) in [6.07, 6.45) is 0. The Morgan fingerprint density at radius 3 is 2.21 bits per heavy atom. The van der Waals surface area contributed by atoms with Crippen LogP contribution >= 0.6 is 11.8 Å². The molecule has 34 heavy (non-hydrogen) atoms. The zero-order valence-electron chi connectivity index (χ0n) is 19.6. The Morgan fingerprint density at radius 1 is 1.00 bits per heavy atom. The summed E-state index contributed by atoms with van der Waals surface area (Å²) in [7, 11) is 6.44. The Balaban J connectivity index is 1.67. The van der Waals surface area contributed by atoms with E-state index in [0.29, 0.717) is 46.1 Å². The van der Waals surface area contributed by atoms with Crippen molar-refractivity contribution in [3.8, 4) is 28.6 Å². The Kier molecular flexibility index (Phi) is 8.36. The molecule has 0 spiro atoms. The molecule has 180 valence electrons. The van der Waals surface area contributed by atoms with Crippen LogP contribution in [-0.2, 0) is 16.6 Å². The van der Waals surface area contributed by atoms with Crippen molar-refractivity contribution in [3.05, 3.63) is 42.0 Å². The average Bonchev–Trinajstić information content (AvgIpc) is 3.22. The van der Waals surface area contributed by atoms with Crippen molar-refractivity contribution in [1.82, 2.24) is 14.8 Å². The van der Waals surface area contributed by atoms with Crippen LogP contribution in [-0.4, -0.2) is 60.3 Å². The van der Waals surface area contributed by atoms with Crippen molar-refractivity contribution in [2.24, 2.45) is 7.05 Å². The number of thioether (sulfide) groups is 1. The number of ether oxygens (including phenoxy) is 4. The lowest BCUT2D eigenvalue weighted by molar-refractivity contribution is -0.113. The smallest absolute Gasteiger partial charge is 0.338 e. The fourth-order valence-corrected chi connectivity index (χ4v) is 3.84. The minimum Gasteiger partial charge on any atom is -0.493 e. The number of carbonyl (C=O) groups is 2. The van der Waals surface area contributed by atoms with E-state index in [9.17, 15) is 9.59 Å². The van der Waals surface area contributed by atoms with E-state index in [2.05, 4.69) is 15.5 Å². The molecule has 1 amide bonds. The second-order valence-corrected chi connectivity index (χ2v) is 7.86. The zero-order valence-corrected chi connectivity index (χ0v) is 20.4. The first-order valence-corrected chi connectivity index (χ1v) is 11.3. The summed E-state index contributed by atoms with van der Waals surface area (Å²) in [5.74, 6) is 1.58. The van der Waals surface area contributed by atoms with Gasteiger partial charge in [0.05, 0.1) is 39.3 Å². The summed E-state index contributed by atoms with van der Waals surface area (Å²) >= 11 is 1.25. The lowest BCUT2D eigenvalue weighted by Crippen LogP contribution is -2.14. The minimum atomic E-state index is -0.402. The first kappa shape index (κ1) is 24.9. The van der Waals surface area contributed by atoms with E-state index in [4.69, 9.17) is 18.9 Å². The maximum Gasteiger partial charge on any atom is 0.338 e. The number of anilines is 1. The molecule has 1 aromatic heterocycles. The molecule has 0 saturated carbocycles. The fourth-order valence-electron chi connectivity index (χ4n) is 3.13. The molecule has 0 fully saturated rings. The van der Waals surface area contributed by atoms with Crippen LogP contribution in [0, 0.1) is 0 Å². The second-order valence-electron chi connectivity index (χ2n) is 6.91. The highest BCUT2D eigenvalue weighted by Crippen LogP contribution is 2.41. The molecule has 0 unspecified atom stereocenters. The number of nitrogens with zero attached hydrogens (tertiary/aromatic N) is 3. The molecule has 1 N–H and O–H groups in total. The molecular weight excluding hydrogens is 460 g/mol. The van der Waals surface area contributed by atoms with E-state index in [0.717, 1.165) is 5.56 Å². The Hall–Kier alpha value is -3.73. The molecule has 0 aliphatic rings. The summed E-state index contributed by atoms with van der Waals surface area (Å²) in [6, 6.07) is 10.1. The van der Waals surface area contributed by atoms with E-state index in [1.54, 1.807) is 62.1 Å². The molecular formula is C23H26N4O6S. The summed E-state index contributed by atoms with van der Waals surface area (Å²) in [6.45, 7) is 2.05. The topological polar surface area (TPSA) is 114 Å². The largest absolute Gasteiger partial charge is 0.493 e. The highest BCUT2D eigenvalue weighted by atomic mass is 32.2. The predicted octanol–water partition coefficient (Wildman–Crippen LogP) is 3.42. The van der Waals surface area contributed by atoms with Gasteiger partial charge in [0.1, 0.15) is 0 Å². The molecule has 0 aliphatic carbocycles. The van der Waals surface area contributed by atoms with Gasteiger partial charge in [0.15, 0.2) is 22.5 Å². The first-order chi connectivity index (χ1) is 16.4. The van der Waals surface area contributed by atoms with Gasteiger partial charge in [-0.1, -0.05) is 11.8 Å². The van der Waals surface area contributed by atoms with Crippen molar-refractivity contribution < 1.29 is 28.5 Å². The minimum absolute atomic E-state index is 0.126. The van der Waals surface area contributed by atoms with Gasteiger partial charge >= 0.3 is 5.97 Å². The maximum atomic E-state index is 12.4. The third-order valence-corrected chi connectivity index (χ3v) is 5.79. The van der Waals surface area contributed by atoms with Gasteiger partial charge in [-0.2, -0.15) is 0 Å². The molecule has 0 atom stereocenters. The van der Waals surface area contributed by atoms with Crippen LogP contribution in [0.4, 0.5) is 5.69 Å². The molecule has 0 bridgehead atoms. The Bertz CT molecular complexity index is 1140. The standard InChI is InChI=1S/C23H26N4O6S/c1-6-33-22(29)14-7-9-16(10-8-14)24-19(28)13-34-23-26-25-21(27(23)2)15-11-17(30-3)20(32-5)18(12-15)31-4/h7-12H,6,13H2,1-5H3,(H,24,28). The number of benzene rings is 2. The van der Waals surface area contributed by atoms with Crippen LogP contribution in [0.1, 0.15) is 17.3 Å². The molecule has 0 radical (unpaired) electrons. The summed E-state index contributed by atoms with van der Waals surface area (Å²) < 4.78 is 22.9. The number of rotatable bonds is 10. The number of esters is 1. The van der Waals surface area contributed by atoms with Gasteiger partial charge in [-0.3, -0.25) is 4.79 Å². The van der Waals surface area contributed by atoms with Crippen LogP contribution in [0.25, 0.3) is 11.4 Å². The molecule has 2 aromatic carbocycles. The van der Waals surface area contributed by atoms with Gasteiger partial charge in [0.25, 0.3) is 0 Å². The number of nitrogens with one attached hydrogen (secondary N) is 1. The fraction of sp³-hybridized carbons (Fsp3) is 0.304. The predicted molar refractivity (Wildman–Crippen MR) is 128 cm³/mol. The SMILES string of the molecule is CCOC(=O)c1ccc(NC(=O)CSc2nnc(-c3cc(OC)c(OC)c(OC)c3)n2C)cc1. The van der Waals surface area contributed by atoms with Gasteiger partial charge in [-0.25, -0.2) is 4.79 Å². The first-order valence-electron chi connectivity index (χ1n) is 10.3. The van der Waals surface area contributed by atoms with Gasteiger partial charge in [-0.05, 0) is 43.3 Å². The molecule has 3 rings (SSSR count). The van der Waals surface area contributed by atoms with Crippen LogP contribution in [0.3, 0.4) is 0 Å². The second kappa shape index (κ2) is 11.4. The number of carbonyl (C=O) groups excluding carboxylic acids is 2. The van der Waals surface area contributed by atoms with Crippen molar-refractivity contribution in [2.45, 2.75) is 12.1 Å². The third kappa shape index (κ3) is 5.60. The highest BCUT2D eigenvalue weighted by molar-refractivity contribution is 7.99. The van der Waals surface area contributed by atoms with Crippen LogP contribution in [0.15, 0.2) is 41.6 Å². The number of aromatic nitrogens is 3. The highest BCUT2D eigenvalue weighted by Gasteiger charge is 2.19. The molecule has 11 heteroatoms. The monoisotopic (exact) mass is 486 g/mol. The van der Waals surface area contributed by atoms with Crippen LogP contribution in [0.2, 0.25) is 0 Å². The quantitative estimate of drug-likeness (QED) is 0.340. The van der Waals surface area contributed by atoms with Crippen LogP contribution < -0.4 is 19.5 Å². The lowest BCUT2D eigenvalue weighted by Gasteiger charge is -2.14. The van der Waals surface area contributed by atoms with E-state index in [-0.39, 0.29) is 11.7 Å². The van der Waals surface area contributed by atoms with Crippen molar-refractivity contribution >= 4 is 29.3 Å². The molecule has 3 aromatic rings. The number of hydrogen-bond acceptors (Lipinski definition) is 9. The van der Waals surface area contributed by atoms with Crippen molar-refractivity contribution in [3.63, 3.8) is 0 Å². The normalized spacial score (nSPS) is 10.5. The van der Waals surface area contributed by atoms with Crippen molar-refractivity contribution in [2.75, 3.05) is 39.0 Å². The zero-order chi connectivity index (χ0) is 24.7. The van der Waals surface area contributed by atoms with Gasteiger partial charge in [-0.15, -0.1) is 10.2 Å². The Morgan fingerprint density at radius 2 is 1.65 bits per heavy atom. The lowest BCUT2D eigenvalue weighted by atomic mass is 10.1. The summed E-state index contributed by atoms with van der Waals surface area (Å²) in [4.78, 5) is 24.1. The van der Waals surface area contributed by atoms with E-state index in [1.165, 1.54) is 18.9 Å². The summed E-state index contributed by atoms with van der Waals surface area (Å²) in [5, 5.41) is 11.8. The van der Waals surface area contributed by atoms with Gasteiger partial charge < -0.3 is 28.8 Å². The van der Waals surface area contributed by atoms with Gasteiger partial charge in [0, 0.05) is 18.3 Å². The average molecular weight is 487 g/mol. The van der Waals surface area contributed by atoms with Gasteiger partial charge in [0.2, 0.25) is 11.7 Å². The maximum absolute atomic E-state index is 12.4. The summed E-state index contributed by atoms with van der Waals surface area (Å²) in [5.41, 5.74) is 1.73. The molecule has 0 aliphatic heterocycles. The molecule has 1 heterocycles. The van der Waals surface area contributed by atoms with E-state index >= 15 is 0 Å². The third-order valence-electron chi connectivity index (χ3n) is 4.77. The number of amides is 1. The van der Waals surface area contributed by atoms with E-state index < -0.39 is 5.97 Å². The van der Waals surface area contributed by atoms with Crippen molar-refractivity contribution in [1.29, 1.82) is 0 Å². The number of methoxy groups -OCH3 is 3. The van der Waals surface area contributed by atoms with E-state index in [1.807, 2.05) is 7.05 Å².